The number of unbranched alkanes of at least 4 members (excludes halogenated alkanes) is 1. The Hall–Kier alpha value is -1.53. The quantitative estimate of drug-likeness (QED) is 0.302. The number of amides is 1. The minimum absolute atomic E-state index is 0.435. The Labute approximate surface area is 116 Å². The number of aldehydes is 1. The van der Waals surface area contributed by atoms with E-state index in [0.29, 0.717) is 29.4 Å². The Balaban J connectivity index is 2.78. The lowest BCUT2D eigenvalue weighted by atomic mass is 10.2. The first-order valence-corrected chi connectivity index (χ1v) is 7.13. The van der Waals surface area contributed by atoms with Gasteiger partial charge in [-0.2, -0.15) is 5.06 Å². The van der Waals surface area contributed by atoms with Crippen molar-refractivity contribution in [1.29, 1.82) is 0 Å². The summed E-state index contributed by atoms with van der Waals surface area (Å²) < 4.78 is 0. The molecule has 1 heterocycles. The van der Waals surface area contributed by atoms with Gasteiger partial charge in [0.05, 0.1) is 12.3 Å². The minimum Gasteiger partial charge on any atom is -0.298 e. The number of rotatable bonds is 9. The van der Waals surface area contributed by atoms with Gasteiger partial charge in [-0.1, -0.05) is 26.3 Å². The number of hydrogen-bond acceptors (Lipinski definition) is 5. The molecule has 0 bridgehead atoms. The second kappa shape index (κ2) is 8.55. The van der Waals surface area contributed by atoms with Crippen LogP contribution < -0.4 is 5.06 Å². The fraction of sp³-hybridized carbons (Fsp3) is 0.462. The lowest BCUT2D eigenvalue weighted by Crippen LogP contribution is -2.22. The standard InChI is InChI=1S/C13H18N2O3S/c1-3-5-7-18-15(10-17)13-14-12(9-19-13)11(8-16)6-4-2/h6,8-10H,3-5,7H2,1-2H3. The summed E-state index contributed by atoms with van der Waals surface area (Å²) in [6.07, 6.45) is 5.77. The third kappa shape index (κ3) is 4.57. The van der Waals surface area contributed by atoms with Crippen LogP contribution in [0.5, 0.6) is 0 Å². The SMILES string of the molecule is CCC=C(C=O)c1csc(N(C=O)OCCCC)n1. The number of allylic oxidation sites excluding steroid dienone is 2. The highest BCUT2D eigenvalue weighted by Crippen LogP contribution is 2.23. The van der Waals surface area contributed by atoms with E-state index in [9.17, 15) is 9.59 Å². The first-order chi connectivity index (χ1) is 9.26. The van der Waals surface area contributed by atoms with Crippen LogP contribution in [-0.2, 0) is 14.4 Å². The van der Waals surface area contributed by atoms with E-state index >= 15 is 0 Å². The molecule has 104 valence electrons. The summed E-state index contributed by atoms with van der Waals surface area (Å²) in [5, 5.41) is 3.29. The Bertz CT molecular complexity index is 443. The van der Waals surface area contributed by atoms with Gasteiger partial charge < -0.3 is 0 Å². The molecule has 0 unspecified atom stereocenters. The van der Waals surface area contributed by atoms with Crippen molar-refractivity contribution in [2.45, 2.75) is 33.1 Å². The van der Waals surface area contributed by atoms with E-state index < -0.39 is 0 Å². The third-order valence-electron chi connectivity index (χ3n) is 2.35. The summed E-state index contributed by atoms with van der Waals surface area (Å²) in [6, 6.07) is 0. The fourth-order valence-electron chi connectivity index (χ4n) is 1.37. The summed E-state index contributed by atoms with van der Waals surface area (Å²) in [4.78, 5) is 31.4. The molecule has 6 heteroatoms. The van der Waals surface area contributed by atoms with Crippen LogP contribution in [0.15, 0.2) is 11.5 Å². The number of carbonyl (C=O) groups excluding carboxylic acids is 2. The van der Waals surface area contributed by atoms with Gasteiger partial charge in [-0.25, -0.2) is 4.98 Å². The van der Waals surface area contributed by atoms with Crippen LogP contribution in [-0.4, -0.2) is 24.3 Å². The van der Waals surface area contributed by atoms with Crippen LogP contribution in [0.25, 0.3) is 5.57 Å². The van der Waals surface area contributed by atoms with Crippen molar-refractivity contribution in [1.82, 2.24) is 4.98 Å². The average molecular weight is 282 g/mol. The van der Waals surface area contributed by atoms with Crippen molar-refractivity contribution in [2.75, 3.05) is 11.7 Å². The zero-order chi connectivity index (χ0) is 14.1. The van der Waals surface area contributed by atoms with Crippen molar-refractivity contribution >= 4 is 34.7 Å². The Kier molecular flexibility index (Phi) is 6.99. The molecule has 0 aromatic carbocycles. The van der Waals surface area contributed by atoms with Crippen LogP contribution >= 0.6 is 11.3 Å². The van der Waals surface area contributed by atoms with Gasteiger partial charge in [0.15, 0.2) is 6.29 Å². The molecule has 1 aromatic rings. The molecule has 0 aliphatic carbocycles. The molecule has 0 spiro atoms. The van der Waals surface area contributed by atoms with Gasteiger partial charge in [0.2, 0.25) is 11.5 Å². The van der Waals surface area contributed by atoms with E-state index in [1.54, 1.807) is 11.5 Å². The minimum atomic E-state index is 0.435. The Morgan fingerprint density at radius 1 is 1.47 bits per heavy atom. The molecule has 1 amide bonds. The van der Waals surface area contributed by atoms with Crippen LogP contribution in [0.1, 0.15) is 38.8 Å². The first-order valence-electron chi connectivity index (χ1n) is 6.25. The summed E-state index contributed by atoms with van der Waals surface area (Å²) >= 11 is 1.27. The van der Waals surface area contributed by atoms with E-state index in [4.69, 9.17) is 4.84 Å². The molecule has 0 aliphatic heterocycles. The van der Waals surface area contributed by atoms with Crippen molar-refractivity contribution < 1.29 is 14.4 Å². The van der Waals surface area contributed by atoms with Gasteiger partial charge >= 0.3 is 0 Å². The van der Waals surface area contributed by atoms with Gasteiger partial charge in [0.1, 0.15) is 0 Å². The predicted molar refractivity (Wildman–Crippen MR) is 75.8 cm³/mol. The monoisotopic (exact) mass is 282 g/mol. The van der Waals surface area contributed by atoms with Crippen molar-refractivity contribution in [3.63, 3.8) is 0 Å². The highest BCUT2D eigenvalue weighted by Gasteiger charge is 2.13. The predicted octanol–water partition coefficient (Wildman–Crippen LogP) is 2.83. The lowest BCUT2D eigenvalue weighted by Gasteiger charge is -2.12. The number of carbonyl (C=O) groups is 2. The van der Waals surface area contributed by atoms with Crippen LogP contribution in [0.2, 0.25) is 0 Å². The zero-order valence-corrected chi connectivity index (χ0v) is 12.0. The van der Waals surface area contributed by atoms with Gasteiger partial charge in [-0.15, -0.1) is 11.3 Å². The van der Waals surface area contributed by atoms with E-state index in [-0.39, 0.29) is 0 Å². The average Bonchev–Trinajstić information content (AvgIpc) is 2.90. The molecule has 19 heavy (non-hydrogen) atoms. The molecule has 0 fully saturated rings. The van der Waals surface area contributed by atoms with Crippen LogP contribution in [0.3, 0.4) is 0 Å². The molecule has 1 aromatic heterocycles. The summed E-state index contributed by atoms with van der Waals surface area (Å²) in [6.45, 7) is 4.46. The molecule has 0 atom stereocenters. The summed E-state index contributed by atoms with van der Waals surface area (Å²) in [7, 11) is 0. The number of aromatic nitrogens is 1. The third-order valence-corrected chi connectivity index (χ3v) is 3.17. The maximum absolute atomic E-state index is 11.0. The van der Waals surface area contributed by atoms with Gasteiger partial charge in [-0.05, 0) is 12.8 Å². The molecule has 5 nitrogen and oxygen atoms in total. The van der Waals surface area contributed by atoms with Crippen LogP contribution in [0.4, 0.5) is 5.13 Å². The van der Waals surface area contributed by atoms with Crippen molar-refractivity contribution in [3.05, 3.63) is 17.2 Å². The number of anilines is 1. The molecule has 0 aliphatic rings. The van der Waals surface area contributed by atoms with E-state index in [1.807, 2.05) is 13.8 Å². The van der Waals surface area contributed by atoms with E-state index in [0.717, 1.165) is 30.6 Å². The fourth-order valence-corrected chi connectivity index (χ4v) is 2.13. The number of nitrogens with zero attached hydrogens (tertiary/aromatic N) is 2. The highest BCUT2D eigenvalue weighted by molar-refractivity contribution is 7.14. The van der Waals surface area contributed by atoms with Gasteiger partial charge in [0.25, 0.3) is 0 Å². The highest BCUT2D eigenvalue weighted by atomic mass is 32.1. The number of hydrogen-bond donors (Lipinski definition) is 0. The second-order valence-corrected chi connectivity index (χ2v) is 4.66. The van der Waals surface area contributed by atoms with Crippen molar-refractivity contribution in [2.24, 2.45) is 0 Å². The maximum atomic E-state index is 11.0. The summed E-state index contributed by atoms with van der Waals surface area (Å²) in [5.41, 5.74) is 1.10. The van der Waals surface area contributed by atoms with Crippen LogP contribution in [0, 0.1) is 0 Å². The molecular formula is C13H18N2O3S. The molecule has 0 N–H and O–H groups in total. The second-order valence-electron chi connectivity index (χ2n) is 3.82. The first kappa shape index (κ1) is 15.5. The normalized spacial score (nSPS) is 11.4. The van der Waals surface area contributed by atoms with E-state index in [1.165, 1.54) is 11.3 Å². The number of thiazole rings is 1. The lowest BCUT2D eigenvalue weighted by molar-refractivity contribution is -0.114. The molecule has 0 saturated heterocycles. The summed E-state index contributed by atoms with van der Waals surface area (Å²) in [5.74, 6) is 0. The van der Waals surface area contributed by atoms with Gasteiger partial charge in [0, 0.05) is 11.0 Å². The zero-order valence-electron chi connectivity index (χ0n) is 11.2. The number of hydroxylamine groups is 1. The van der Waals surface area contributed by atoms with Gasteiger partial charge in [-0.3, -0.25) is 14.4 Å². The van der Waals surface area contributed by atoms with E-state index in [2.05, 4.69) is 4.98 Å². The Morgan fingerprint density at radius 3 is 2.84 bits per heavy atom. The molecular weight excluding hydrogens is 264 g/mol. The molecule has 0 saturated carbocycles. The molecule has 1 rings (SSSR count). The smallest absolute Gasteiger partial charge is 0.240 e. The largest absolute Gasteiger partial charge is 0.298 e. The Morgan fingerprint density at radius 2 is 2.26 bits per heavy atom. The topological polar surface area (TPSA) is 59.5 Å². The maximum Gasteiger partial charge on any atom is 0.240 e. The molecule has 0 radical (unpaired) electrons. The van der Waals surface area contributed by atoms with Crippen molar-refractivity contribution in [3.8, 4) is 0 Å².